The largest absolute Gasteiger partial charge is 0.497 e. The Balaban J connectivity index is 1.87. The summed E-state index contributed by atoms with van der Waals surface area (Å²) in [6.45, 7) is 3.69. The lowest BCUT2D eigenvalue weighted by Gasteiger charge is -2.09. The smallest absolute Gasteiger partial charge is 0.252 e. The zero-order valence-corrected chi connectivity index (χ0v) is 15.6. The minimum Gasteiger partial charge on any atom is -0.497 e. The number of aromatic amines is 1. The maximum Gasteiger partial charge on any atom is 0.252 e. The average Bonchev–Trinajstić information content (AvgIpc) is 2.61. The van der Waals surface area contributed by atoms with Gasteiger partial charge in [-0.15, -0.1) is 0 Å². The average molecular weight is 372 g/mol. The predicted molar refractivity (Wildman–Crippen MR) is 101 cm³/mol. The number of aromatic nitrogens is 1. The summed E-state index contributed by atoms with van der Waals surface area (Å²) < 4.78 is 32.6. The van der Waals surface area contributed by atoms with Crippen molar-refractivity contribution in [3.63, 3.8) is 0 Å². The van der Waals surface area contributed by atoms with Gasteiger partial charge in [-0.25, -0.2) is 13.1 Å². The summed E-state index contributed by atoms with van der Waals surface area (Å²) in [7, 11) is -2.15. The quantitative estimate of drug-likeness (QED) is 0.721. The molecule has 3 rings (SSSR count). The summed E-state index contributed by atoms with van der Waals surface area (Å²) in [6, 6.07) is 11.9. The van der Waals surface area contributed by atoms with Crippen molar-refractivity contribution in [2.24, 2.45) is 0 Å². The number of hydrogen-bond acceptors (Lipinski definition) is 4. The number of H-pyrrole nitrogens is 1. The van der Waals surface area contributed by atoms with Crippen LogP contribution in [0, 0.1) is 13.8 Å². The van der Waals surface area contributed by atoms with Crippen LogP contribution in [0.25, 0.3) is 10.9 Å². The topological polar surface area (TPSA) is 88.3 Å². The number of ether oxygens (including phenoxy) is 1. The van der Waals surface area contributed by atoms with Crippen molar-refractivity contribution >= 4 is 20.9 Å². The minimum atomic E-state index is -3.70. The maximum absolute atomic E-state index is 12.5. The lowest BCUT2D eigenvalue weighted by atomic mass is 10.1. The van der Waals surface area contributed by atoms with Crippen LogP contribution in [0.4, 0.5) is 0 Å². The van der Waals surface area contributed by atoms with Crippen LogP contribution in [0.1, 0.15) is 16.7 Å². The van der Waals surface area contributed by atoms with Crippen molar-refractivity contribution < 1.29 is 13.2 Å². The lowest BCUT2D eigenvalue weighted by Crippen LogP contribution is -2.27. The van der Waals surface area contributed by atoms with E-state index >= 15 is 0 Å². The van der Waals surface area contributed by atoms with Crippen LogP contribution in [-0.2, 0) is 16.6 Å². The van der Waals surface area contributed by atoms with Crippen molar-refractivity contribution in [2.45, 2.75) is 25.3 Å². The Morgan fingerprint density at radius 1 is 1.04 bits per heavy atom. The number of hydrogen-bond donors (Lipinski definition) is 2. The van der Waals surface area contributed by atoms with E-state index in [-0.39, 0.29) is 17.0 Å². The molecule has 136 valence electrons. The molecule has 2 aromatic carbocycles. The zero-order chi connectivity index (χ0) is 18.9. The molecule has 0 aliphatic carbocycles. The van der Waals surface area contributed by atoms with E-state index < -0.39 is 10.0 Å². The van der Waals surface area contributed by atoms with Gasteiger partial charge in [0, 0.05) is 18.2 Å². The summed E-state index contributed by atoms with van der Waals surface area (Å²) in [6.07, 6.45) is 0. The van der Waals surface area contributed by atoms with Crippen LogP contribution < -0.4 is 15.0 Å². The van der Waals surface area contributed by atoms with E-state index in [0.717, 1.165) is 16.5 Å². The van der Waals surface area contributed by atoms with Crippen molar-refractivity contribution in [2.75, 3.05) is 7.11 Å². The van der Waals surface area contributed by atoms with Gasteiger partial charge in [0.1, 0.15) is 5.75 Å². The number of fused-ring (bicyclic) bond motifs is 1. The molecular formula is C19H20N2O4S. The number of pyridine rings is 1. The number of aryl methyl sites for hydroxylation is 2. The van der Waals surface area contributed by atoms with E-state index in [9.17, 15) is 13.2 Å². The molecule has 0 aliphatic heterocycles. The predicted octanol–water partition coefficient (Wildman–Crippen LogP) is 2.63. The summed E-state index contributed by atoms with van der Waals surface area (Å²) in [5, 5.41) is 0.797. The molecule has 1 heterocycles. The number of nitrogens with one attached hydrogen (secondary N) is 2. The van der Waals surface area contributed by atoms with Crippen LogP contribution in [0.2, 0.25) is 0 Å². The van der Waals surface area contributed by atoms with Gasteiger partial charge in [-0.05, 0) is 60.7 Å². The fourth-order valence-corrected chi connectivity index (χ4v) is 3.71. The van der Waals surface area contributed by atoms with Gasteiger partial charge in [0.2, 0.25) is 10.0 Å². The Labute approximate surface area is 151 Å². The summed E-state index contributed by atoms with van der Waals surface area (Å²) in [4.78, 5) is 15.2. The molecule has 26 heavy (non-hydrogen) atoms. The van der Waals surface area contributed by atoms with Crippen molar-refractivity contribution in [1.29, 1.82) is 0 Å². The van der Waals surface area contributed by atoms with Crippen LogP contribution in [0.3, 0.4) is 0 Å². The zero-order valence-electron chi connectivity index (χ0n) is 14.8. The molecule has 0 bridgehead atoms. The lowest BCUT2D eigenvalue weighted by molar-refractivity contribution is 0.415. The Morgan fingerprint density at radius 2 is 1.81 bits per heavy atom. The SMILES string of the molecule is COc1ccc2cc(CNS(=O)(=O)c3ccc(C)c(C)c3)c(=O)[nH]c2c1. The Kier molecular flexibility index (Phi) is 4.84. The molecule has 0 atom stereocenters. The number of methoxy groups -OCH3 is 1. The molecule has 0 saturated carbocycles. The second-order valence-electron chi connectivity index (χ2n) is 6.15. The highest BCUT2D eigenvalue weighted by Crippen LogP contribution is 2.19. The van der Waals surface area contributed by atoms with Gasteiger partial charge < -0.3 is 9.72 Å². The summed E-state index contributed by atoms with van der Waals surface area (Å²) in [5.74, 6) is 0.636. The Hall–Kier alpha value is -2.64. The molecule has 0 saturated heterocycles. The van der Waals surface area contributed by atoms with Crippen molar-refractivity contribution in [3.8, 4) is 5.75 Å². The van der Waals surface area contributed by atoms with E-state index in [4.69, 9.17) is 4.74 Å². The van der Waals surface area contributed by atoms with Crippen LogP contribution in [0.15, 0.2) is 52.2 Å². The van der Waals surface area contributed by atoms with Crippen molar-refractivity contribution in [3.05, 3.63) is 69.5 Å². The first kappa shape index (κ1) is 18.2. The number of benzene rings is 2. The molecule has 0 amide bonds. The van der Waals surface area contributed by atoms with Gasteiger partial charge in [0.05, 0.1) is 17.5 Å². The van der Waals surface area contributed by atoms with Gasteiger partial charge in [-0.3, -0.25) is 4.79 Å². The molecule has 7 heteroatoms. The molecule has 0 aliphatic rings. The highest BCUT2D eigenvalue weighted by Gasteiger charge is 2.15. The van der Waals surface area contributed by atoms with Gasteiger partial charge in [0.15, 0.2) is 0 Å². The van der Waals surface area contributed by atoms with Gasteiger partial charge in [-0.2, -0.15) is 0 Å². The molecule has 0 radical (unpaired) electrons. The maximum atomic E-state index is 12.5. The highest BCUT2D eigenvalue weighted by molar-refractivity contribution is 7.89. The number of rotatable bonds is 5. The molecule has 1 aromatic heterocycles. The highest BCUT2D eigenvalue weighted by atomic mass is 32.2. The normalized spacial score (nSPS) is 11.7. The van der Waals surface area contributed by atoms with E-state index in [1.54, 1.807) is 43.5 Å². The molecular weight excluding hydrogens is 352 g/mol. The molecule has 0 unspecified atom stereocenters. The second kappa shape index (κ2) is 6.93. The van der Waals surface area contributed by atoms with Crippen molar-refractivity contribution in [1.82, 2.24) is 9.71 Å². The number of sulfonamides is 1. The minimum absolute atomic E-state index is 0.0907. The first-order valence-electron chi connectivity index (χ1n) is 8.07. The van der Waals surface area contributed by atoms with E-state index in [0.29, 0.717) is 16.8 Å². The third-order valence-corrected chi connectivity index (χ3v) is 5.77. The molecule has 0 fully saturated rings. The van der Waals surface area contributed by atoms with Gasteiger partial charge >= 0.3 is 0 Å². The fraction of sp³-hybridized carbons (Fsp3) is 0.211. The van der Waals surface area contributed by atoms with Crippen LogP contribution in [0.5, 0.6) is 5.75 Å². The molecule has 0 spiro atoms. The molecule has 2 N–H and O–H groups in total. The third kappa shape index (κ3) is 3.63. The third-order valence-electron chi connectivity index (χ3n) is 4.37. The van der Waals surface area contributed by atoms with Crippen LogP contribution in [-0.4, -0.2) is 20.5 Å². The first-order chi connectivity index (χ1) is 12.3. The summed E-state index contributed by atoms with van der Waals surface area (Å²) >= 11 is 0. The van der Waals surface area contributed by atoms with E-state index in [1.807, 2.05) is 19.9 Å². The standard InChI is InChI=1S/C19H20N2O4S/c1-12-4-7-17(8-13(12)2)26(23,24)20-11-15-9-14-5-6-16(25-3)10-18(14)21-19(15)22/h4-10,20H,11H2,1-3H3,(H,21,22). The molecule has 3 aromatic rings. The van der Waals surface area contributed by atoms with Gasteiger partial charge in [0.25, 0.3) is 5.56 Å². The van der Waals surface area contributed by atoms with Gasteiger partial charge in [-0.1, -0.05) is 6.07 Å². The summed E-state index contributed by atoms with van der Waals surface area (Å²) in [5.41, 5.74) is 2.55. The van der Waals surface area contributed by atoms with E-state index in [1.165, 1.54) is 0 Å². The Bertz CT molecular complexity index is 1130. The van der Waals surface area contributed by atoms with E-state index in [2.05, 4.69) is 9.71 Å². The second-order valence-corrected chi connectivity index (χ2v) is 7.91. The monoisotopic (exact) mass is 372 g/mol. The molecule has 6 nitrogen and oxygen atoms in total. The Morgan fingerprint density at radius 3 is 2.50 bits per heavy atom. The van der Waals surface area contributed by atoms with Crippen LogP contribution >= 0.6 is 0 Å². The fourth-order valence-electron chi connectivity index (χ4n) is 2.62. The first-order valence-corrected chi connectivity index (χ1v) is 9.55.